The van der Waals surface area contributed by atoms with Gasteiger partial charge in [-0.3, -0.25) is 4.99 Å². The third-order valence-corrected chi connectivity index (χ3v) is 4.95. The number of rotatable bonds is 2. The molecule has 1 aromatic carbocycles. The SMILES string of the molecule is c1ccc([C@H]2CCC[C@H]2N=C2CCCCCCCN2)cc1. The minimum absolute atomic E-state index is 0.496. The Bertz CT molecular complexity index is 440. The maximum atomic E-state index is 5.14. The highest BCUT2D eigenvalue weighted by Gasteiger charge is 2.28. The van der Waals surface area contributed by atoms with Crippen LogP contribution in [0, 0.1) is 0 Å². The van der Waals surface area contributed by atoms with Gasteiger partial charge in [-0.15, -0.1) is 0 Å². The predicted octanol–water partition coefficient (Wildman–Crippen LogP) is 4.67. The summed E-state index contributed by atoms with van der Waals surface area (Å²) in [6, 6.07) is 11.5. The van der Waals surface area contributed by atoms with Crippen molar-refractivity contribution in [2.24, 2.45) is 4.99 Å². The summed E-state index contributed by atoms with van der Waals surface area (Å²) in [6.07, 6.45) is 11.8. The Kier molecular flexibility index (Phi) is 5.31. The lowest BCUT2D eigenvalue weighted by atomic mass is 9.94. The second-order valence-corrected chi connectivity index (χ2v) is 6.54. The first-order valence-electron chi connectivity index (χ1n) is 8.79. The van der Waals surface area contributed by atoms with Gasteiger partial charge in [0, 0.05) is 18.9 Å². The van der Waals surface area contributed by atoms with Gasteiger partial charge < -0.3 is 5.32 Å². The first-order valence-corrected chi connectivity index (χ1v) is 8.79. The lowest BCUT2D eigenvalue weighted by molar-refractivity contribution is 0.608. The Morgan fingerprint density at radius 1 is 0.857 bits per heavy atom. The van der Waals surface area contributed by atoms with Gasteiger partial charge in [-0.05, 0) is 31.2 Å². The lowest BCUT2D eigenvalue weighted by Crippen LogP contribution is -2.26. The lowest BCUT2D eigenvalue weighted by Gasteiger charge is -2.19. The standard InChI is InChI=1S/C19H28N2/c1-2-7-14-19(20-15-8-3-1)21-18-13-9-12-17(18)16-10-5-4-6-11-16/h4-6,10-11,17-18H,1-3,7-9,12-15H2,(H,20,21)/t17-,18-/m1/s1. The number of nitrogens with zero attached hydrogens (tertiary/aromatic N) is 1. The van der Waals surface area contributed by atoms with Crippen LogP contribution in [0.5, 0.6) is 0 Å². The Morgan fingerprint density at radius 3 is 2.57 bits per heavy atom. The summed E-state index contributed by atoms with van der Waals surface area (Å²) < 4.78 is 0. The fourth-order valence-electron chi connectivity index (χ4n) is 3.76. The molecule has 2 heteroatoms. The molecule has 0 aromatic heterocycles. The van der Waals surface area contributed by atoms with Crippen LogP contribution in [0.15, 0.2) is 35.3 Å². The van der Waals surface area contributed by atoms with Gasteiger partial charge in [0.1, 0.15) is 0 Å². The largest absolute Gasteiger partial charge is 0.374 e. The quantitative estimate of drug-likeness (QED) is 0.839. The van der Waals surface area contributed by atoms with Crippen LogP contribution in [0.25, 0.3) is 0 Å². The molecule has 3 rings (SSSR count). The maximum absolute atomic E-state index is 5.14. The smallest absolute Gasteiger partial charge is 0.0966 e. The second kappa shape index (κ2) is 7.63. The molecule has 0 radical (unpaired) electrons. The molecule has 0 unspecified atom stereocenters. The van der Waals surface area contributed by atoms with E-state index in [1.165, 1.54) is 62.8 Å². The van der Waals surface area contributed by atoms with Crippen molar-refractivity contribution >= 4 is 5.84 Å². The summed E-state index contributed by atoms with van der Waals surface area (Å²) in [5, 5.41) is 3.61. The number of nitrogens with one attached hydrogen (secondary N) is 1. The van der Waals surface area contributed by atoms with Crippen molar-refractivity contribution in [1.82, 2.24) is 5.32 Å². The number of aliphatic imine (C=N–C) groups is 1. The molecule has 1 heterocycles. The van der Waals surface area contributed by atoms with Crippen LogP contribution in [0.2, 0.25) is 0 Å². The van der Waals surface area contributed by atoms with Gasteiger partial charge in [0.05, 0.1) is 11.9 Å². The van der Waals surface area contributed by atoms with Gasteiger partial charge in [-0.2, -0.15) is 0 Å². The van der Waals surface area contributed by atoms with Crippen molar-refractivity contribution < 1.29 is 0 Å². The first-order chi connectivity index (χ1) is 10.4. The van der Waals surface area contributed by atoms with Crippen LogP contribution in [-0.2, 0) is 0 Å². The zero-order valence-corrected chi connectivity index (χ0v) is 13.1. The molecule has 1 N–H and O–H groups in total. The van der Waals surface area contributed by atoms with Crippen LogP contribution in [0.1, 0.15) is 69.3 Å². The Hall–Kier alpha value is -1.31. The highest BCUT2D eigenvalue weighted by Crippen LogP contribution is 2.36. The van der Waals surface area contributed by atoms with Crippen LogP contribution in [0.3, 0.4) is 0 Å². The van der Waals surface area contributed by atoms with Gasteiger partial charge in [0.25, 0.3) is 0 Å². The highest BCUT2D eigenvalue weighted by molar-refractivity contribution is 5.82. The average molecular weight is 284 g/mol. The van der Waals surface area contributed by atoms with E-state index in [1.54, 1.807) is 0 Å². The van der Waals surface area contributed by atoms with E-state index in [0.29, 0.717) is 12.0 Å². The van der Waals surface area contributed by atoms with E-state index in [0.717, 1.165) is 13.0 Å². The molecule has 0 spiro atoms. The summed E-state index contributed by atoms with van der Waals surface area (Å²) in [4.78, 5) is 5.14. The van der Waals surface area contributed by atoms with Crippen molar-refractivity contribution in [1.29, 1.82) is 0 Å². The van der Waals surface area contributed by atoms with Crippen molar-refractivity contribution in [2.45, 2.75) is 69.7 Å². The van der Waals surface area contributed by atoms with Gasteiger partial charge >= 0.3 is 0 Å². The Balaban J connectivity index is 1.70. The molecular formula is C19H28N2. The average Bonchev–Trinajstić information content (AvgIpc) is 3.02. The van der Waals surface area contributed by atoms with Crippen LogP contribution < -0.4 is 5.32 Å². The van der Waals surface area contributed by atoms with Gasteiger partial charge in [-0.1, -0.05) is 56.0 Å². The summed E-state index contributed by atoms with van der Waals surface area (Å²) in [5.41, 5.74) is 1.48. The van der Waals surface area contributed by atoms with Crippen molar-refractivity contribution in [3.8, 4) is 0 Å². The molecule has 0 bridgehead atoms. The molecule has 0 amide bonds. The molecule has 2 fully saturated rings. The summed E-state index contributed by atoms with van der Waals surface area (Å²) in [7, 11) is 0. The van der Waals surface area contributed by atoms with Gasteiger partial charge in [-0.25, -0.2) is 0 Å². The second-order valence-electron chi connectivity index (χ2n) is 6.54. The Morgan fingerprint density at radius 2 is 1.67 bits per heavy atom. The van der Waals surface area contributed by atoms with Gasteiger partial charge in [0.2, 0.25) is 0 Å². The molecule has 1 saturated carbocycles. The topological polar surface area (TPSA) is 24.4 Å². The van der Waals surface area contributed by atoms with Crippen molar-refractivity contribution in [3.05, 3.63) is 35.9 Å². The van der Waals surface area contributed by atoms with Crippen molar-refractivity contribution in [2.75, 3.05) is 6.54 Å². The Labute approximate surface area is 129 Å². The minimum atomic E-state index is 0.496. The fraction of sp³-hybridized carbons (Fsp3) is 0.632. The van der Waals surface area contributed by atoms with E-state index in [1.807, 2.05) is 0 Å². The molecule has 2 aliphatic rings. The molecule has 1 aliphatic carbocycles. The first kappa shape index (κ1) is 14.6. The van der Waals surface area contributed by atoms with E-state index in [-0.39, 0.29) is 0 Å². The molecule has 1 saturated heterocycles. The van der Waals surface area contributed by atoms with E-state index in [4.69, 9.17) is 4.99 Å². The molecular weight excluding hydrogens is 256 g/mol. The third kappa shape index (κ3) is 4.09. The van der Waals surface area contributed by atoms with E-state index in [9.17, 15) is 0 Å². The zero-order valence-electron chi connectivity index (χ0n) is 13.1. The predicted molar refractivity (Wildman–Crippen MR) is 90.0 cm³/mol. The molecule has 1 aromatic rings. The zero-order chi connectivity index (χ0) is 14.3. The summed E-state index contributed by atoms with van der Waals surface area (Å²) in [6.45, 7) is 1.11. The summed E-state index contributed by atoms with van der Waals surface area (Å²) >= 11 is 0. The normalized spacial score (nSPS) is 29.4. The highest BCUT2D eigenvalue weighted by atomic mass is 15.0. The number of hydrogen-bond donors (Lipinski definition) is 1. The van der Waals surface area contributed by atoms with Crippen LogP contribution >= 0.6 is 0 Å². The number of benzene rings is 1. The molecule has 21 heavy (non-hydrogen) atoms. The van der Waals surface area contributed by atoms with E-state index in [2.05, 4.69) is 35.6 Å². The molecule has 1 aliphatic heterocycles. The maximum Gasteiger partial charge on any atom is 0.0966 e. The van der Waals surface area contributed by atoms with E-state index >= 15 is 0 Å². The van der Waals surface area contributed by atoms with Crippen LogP contribution in [-0.4, -0.2) is 18.4 Å². The fourth-order valence-corrected chi connectivity index (χ4v) is 3.76. The third-order valence-electron chi connectivity index (χ3n) is 4.95. The molecule has 2 atom stereocenters. The molecule has 2 nitrogen and oxygen atoms in total. The van der Waals surface area contributed by atoms with Crippen LogP contribution in [0.4, 0.5) is 0 Å². The summed E-state index contributed by atoms with van der Waals surface area (Å²) in [5.74, 6) is 1.91. The van der Waals surface area contributed by atoms with E-state index < -0.39 is 0 Å². The minimum Gasteiger partial charge on any atom is -0.374 e. The molecule has 114 valence electrons. The van der Waals surface area contributed by atoms with Gasteiger partial charge in [0.15, 0.2) is 0 Å². The van der Waals surface area contributed by atoms with Crippen molar-refractivity contribution in [3.63, 3.8) is 0 Å². The number of amidine groups is 1. The monoisotopic (exact) mass is 284 g/mol. The number of hydrogen-bond acceptors (Lipinski definition) is 1.